The average molecular weight is 510 g/mol. The van der Waals surface area contributed by atoms with Crippen molar-refractivity contribution < 1.29 is 19.6 Å². The molecule has 9 heteroatoms. The molecule has 7 nitrogen and oxygen atoms in total. The highest BCUT2D eigenvalue weighted by Crippen LogP contribution is 2.36. The Bertz CT molecular complexity index is 978. The van der Waals surface area contributed by atoms with Crippen LogP contribution in [0.2, 0.25) is 0 Å². The monoisotopic (exact) mass is 510 g/mol. The van der Waals surface area contributed by atoms with Gasteiger partial charge in [0.2, 0.25) is 0 Å². The van der Waals surface area contributed by atoms with Crippen LogP contribution < -0.4 is 0 Å². The Labute approximate surface area is 178 Å². The van der Waals surface area contributed by atoms with Gasteiger partial charge in [0.05, 0.1) is 13.4 Å². The van der Waals surface area contributed by atoms with Gasteiger partial charge in [0, 0.05) is 24.2 Å². The van der Waals surface area contributed by atoms with Crippen LogP contribution in [0.4, 0.5) is 10.5 Å². The molecule has 0 atom stereocenters. The number of rotatable bonds is 6. The fraction of sp³-hybridized carbons (Fsp3) is 0.158. The van der Waals surface area contributed by atoms with Gasteiger partial charge in [0.1, 0.15) is 5.75 Å². The summed E-state index contributed by atoms with van der Waals surface area (Å²) in [7, 11) is 0. The smallest absolute Gasteiger partial charge is 0.293 e. The summed E-state index contributed by atoms with van der Waals surface area (Å²) in [4.78, 5) is 36.5. The molecular weight excluding hydrogens is 495 g/mol. The number of hydrogen-bond acceptors (Lipinski definition) is 6. The van der Waals surface area contributed by atoms with Crippen LogP contribution in [0.15, 0.2) is 47.4 Å². The van der Waals surface area contributed by atoms with Crippen molar-refractivity contribution in [1.82, 2.24) is 4.90 Å². The Hall–Kier alpha value is -2.40. The number of halogens is 1. The molecule has 0 unspecified atom stereocenters. The second-order valence-electron chi connectivity index (χ2n) is 6.05. The lowest BCUT2D eigenvalue weighted by atomic mass is 10.1. The highest BCUT2D eigenvalue weighted by atomic mass is 127. The van der Waals surface area contributed by atoms with Crippen molar-refractivity contribution in [2.45, 2.75) is 12.8 Å². The molecule has 144 valence electrons. The maximum atomic E-state index is 12.6. The number of aromatic hydroxyl groups is 1. The number of carbonyl (C=O) groups is 2. The number of nitro groups is 1. The minimum atomic E-state index is -0.575. The van der Waals surface area contributed by atoms with Gasteiger partial charge in [0.15, 0.2) is 0 Å². The van der Waals surface area contributed by atoms with E-state index >= 15 is 0 Å². The molecule has 1 aliphatic rings. The Morgan fingerprint density at radius 1 is 1.21 bits per heavy atom. The number of imide groups is 1. The Kier molecular flexibility index (Phi) is 6.35. The predicted molar refractivity (Wildman–Crippen MR) is 115 cm³/mol. The van der Waals surface area contributed by atoms with Crippen LogP contribution in [0.1, 0.15) is 17.5 Å². The van der Waals surface area contributed by atoms with Crippen molar-refractivity contribution in [3.05, 3.63) is 72.2 Å². The molecule has 1 N–H and O–H groups in total. The standard InChI is InChI=1S/C19H15IN2O5S/c20-15-11-14(22(26)27)9-13(17(15)23)10-16-18(24)21(19(25)28-16)8-4-7-12-5-2-1-3-6-12/h1-3,5-6,9-11,23H,4,7-8H2/b16-10+. The molecule has 1 aliphatic heterocycles. The number of amides is 2. The molecule has 1 heterocycles. The number of hydrogen-bond donors (Lipinski definition) is 1. The van der Waals surface area contributed by atoms with Gasteiger partial charge in [-0.25, -0.2) is 0 Å². The van der Waals surface area contributed by atoms with Crippen LogP contribution in [0.25, 0.3) is 6.08 Å². The Balaban J connectivity index is 1.75. The molecular formula is C19H15IN2O5S. The van der Waals surface area contributed by atoms with Gasteiger partial charge < -0.3 is 5.11 Å². The van der Waals surface area contributed by atoms with Crippen molar-refractivity contribution >= 4 is 57.3 Å². The lowest BCUT2D eigenvalue weighted by molar-refractivity contribution is -0.385. The molecule has 0 aliphatic carbocycles. The third-order valence-electron chi connectivity index (χ3n) is 4.14. The summed E-state index contributed by atoms with van der Waals surface area (Å²) in [6.45, 7) is 0.287. The Morgan fingerprint density at radius 2 is 1.93 bits per heavy atom. The number of non-ortho nitro benzene ring substituents is 1. The van der Waals surface area contributed by atoms with Crippen LogP contribution in [0, 0.1) is 13.7 Å². The average Bonchev–Trinajstić information content (AvgIpc) is 2.93. The summed E-state index contributed by atoms with van der Waals surface area (Å²) < 4.78 is 0.292. The topological polar surface area (TPSA) is 101 Å². The number of aryl methyl sites for hydroxylation is 1. The van der Waals surface area contributed by atoms with Crippen LogP contribution in [-0.2, 0) is 11.2 Å². The fourth-order valence-corrected chi connectivity index (χ4v) is 4.23. The summed E-state index contributed by atoms with van der Waals surface area (Å²) in [6.07, 6.45) is 2.70. The molecule has 2 aromatic rings. The SMILES string of the molecule is O=C1S/C(=C/c2cc([N+](=O)[O-])cc(I)c2O)C(=O)N1CCCc1ccccc1. The molecule has 2 aromatic carbocycles. The Morgan fingerprint density at radius 3 is 2.61 bits per heavy atom. The zero-order chi connectivity index (χ0) is 20.3. The zero-order valence-corrected chi connectivity index (χ0v) is 17.5. The van der Waals surface area contributed by atoms with Gasteiger partial charge in [-0.15, -0.1) is 0 Å². The molecule has 2 amide bonds. The number of nitrogens with zero attached hydrogens (tertiary/aromatic N) is 2. The van der Waals surface area contributed by atoms with E-state index in [0.717, 1.165) is 23.7 Å². The first-order chi connectivity index (χ1) is 13.4. The van der Waals surface area contributed by atoms with E-state index in [2.05, 4.69) is 0 Å². The van der Waals surface area contributed by atoms with E-state index in [4.69, 9.17) is 0 Å². The van der Waals surface area contributed by atoms with Gasteiger partial charge in [-0.05, 0) is 58.8 Å². The van der Waals surface area contributed by atoms with E-state index in [1.54, 1.807) is 22.6 Å². The molecule has 0 saturated carbocycles. The van der Waals surface area contributed by atoms with Gasteiger partial charge in [-0.1, -0.05) is 30.3 Å². The fourth-order valence-electron chi connectivity index (χ4n) is 2.74. The summed E-state index contributed by atoms with van der Waals surface area (Å²) in [5.41, 5.74) is 1.06. The van der Waals surface area contributed by atoms with Crippen LogP contribution in [0.5, 0.6) is 5.75 Å². The summed E-state index contributed by atoms with van der Waals surface area (Å²) >= 11 is 2.55. The molecule has 0 bridgehead atoms. The number of nitro benzene ring substituents is 1. The van der Waals surface area contributed by atoms with Gasteiger partial charge in [0.25, 0.3) is 16.8 Å². The number of phenolic OH excluding ortho intramolecular Hbond substituents is 1. The van der Waals surface area contributed by atoms with Crippen LogP contribution >= 0.6 is 34.4 Å². The van der Waals surface area contributed by atoms with Crippen LogP contribution in [0.3, 0.4) is 0 Å². The molecule has 1 saturated heterocycles. The third-order valence-corrected chi connectivity index (χ3v) is 5.87. The summed E-state index contributed by atoms with van der Waals surface area (Å²) in [5.74, 6) is -0.619. The molecule has 1 fully saturated rings. The first kappa shape index (κ1) is 20.3. The minimum absolute atomic E-state index is 0.133. The predicted octanol–water partition coefficient (Wildman–Crippen LogP) is 4.57. The van der Waals surface area contributed by atoms with Crippen molar-refractivity contribution in [2.24, 2.45) is 0 Å². The van der Waals surface area contributed by atoms with E-state index in [0.29, 0.717) is 9.99 Å². The number of phenols is 1. The lowest BCUT2D eigenvalue weighted by Crippen LogP contribution is -2.29. The van der Waals surface area contributed by atoms with E-state index in [9.17, 15) is 24.8 Å². The summed E-state index contributed by atoms with van der Waals surface area (Å²) in [5, 5.41) is 20.8. The number of benzene rings is 2. The number of carbonyl (C=O) groups excluding carboxylic acids is 2. The second-order valence-corrected chi connectivity index (χ2v) is 8.20. The molecule has 0 spiro atoms. The molecule has 28 heavy (non-hydrogen) atoms. The first-order valence-corrected chi connectivity index (χ1v) is 10.2. The van der Waals surface area contributed by atoms with Gasteiger partial charge in [-0.2, -0.15) is 0 Å². The van der Waals surface area contributed by atoms with Gasteiger partial charge >= 0.3 is 0 Å². The maximum absolute atomic E-state index is 12.6. The zero-order valence-electron chi connectivity index (χ0n) is 14.5. The number of thioether (sulfide) groups is 1. The highest BCUT2D eigenvalue weighted by Gasteiger charge is 2.34. The normalized spacial score (nSPS) is 15.5. The lowest BCUT2D eigenvalue weighted by Gasteiger charge is -2.12. The van der Waals surface area contributed by atoms with Crippen molar-refractivity contribution in [1.29, 1.82) is 0 Å². The first-order valence-electron chi connectivity index (χ1n) is 8.33. The molecule has 3 rings (SSSR count). The van der Waals surface area contributed by atoms with Crippen molar-refractivity contribution in [3.8, 4) is 5.75 Å². The minimum Gasteiger partial charge on any atom is -0.506 e. The molecule has 0 aromatic heterocycles. The van der Waals surface area contributed by atoms with Crippen molar-refractivity contribution in [2.75, 3.05) is 6.54 Å². The summed E-state index contributed by atoms with van der Waals surface area (Å²) in [6, 6.07) is 12.2. The van der Waals surface area contributed by atoms with E-state index in [1.165, 1.54) is 23.1 Å². The quantitative estimate of drug-likeness (QED) is 0.265. The van der Waals surface area contributed by atoms with E-state index in [1.807, 2.05) is 30.3 Å². The van der Waals surface area contributed by atoms with E-state index in [-0.39, 0.29) is 33.7 Å². The van der Waals surface area contributed by atoms with Gasteiger partial charge in [-0.3, -0.25) is 24.6 Å². The highest BCUT2D eigenvalue weighted by molar-refractivity contribution is 14.1. The third kappa shape index (κ3) is 4.53. The maximum Gasteiger partial charge on any atom is 0.293 e. The van der Waals surface area contributed by atoms with Crippen LogP contribution in [-0.4, -0.2) is 32.6 Å². The second kappa shape index (κ2) is 8.74. The van der Waals surface area contributed by atoms with Crippen molar-refractivity contribution in [3.63, 3.8) is 0 Å². The molecule has 0 radical (unpaired) electrons. The van der Waals surface area contributed by atoms with E-state index < -0.39 is 10.8 Å². The largest absolute Gasteiger partial charge is 0.506 e.